The molecule has 1 aliphatic carbocycles. The number of methoxy groups -OCH3 is 1. The topological polar surface area (TPSA) is 38.5 Å². The van der Waals surface area contributed by atoms with E-state index in [-0.39, 0.29) is 12.4 Å². The van der Waals surface area contributed by atoms with Crippen LogP contribution in [0.2, 0.25) is 0 Å². The summed E-state index contributed by atoms with van der Waals surface area (Å²) in [6.07, 6.45) is 2.58. The van der Waals surface area contributed by atoms with E-state index in [1.807, 2.05) is 24.3 Å². The van der Waals surface area contributed by atoms with Gasteiger partial charge in [0.25, 0.3) is 0 Å². The van der Waals surface area contributed by atoms with E-state index >= 15 is 0 Å². The molecule has 0 bridgehead atoms. The maximum Gasteiger partial charge on any atom is 0.123 e. The molecule has 1 saturated carbocycles. The number of nitrogen functional groups attached to an aromatic ring is 1. The average molecular weight is 319 g/mol. The first kappa shape index (κ1) is 16.7. The molecule has 4 heteroatoms. The summed E-state index contributed by atoms with van der Waals surface area (Å²) >= 11 is 0. The minimum absolute atomic E-state index is 0. The lowest BCUT2D eigenvalue weighted by atomic mass is 10.1. The molecule has 3 rings (SSSR count). The molecule has 0 heterocycles. The highest BCUT2D eigenvalue weighted by Crippen LogP contribution is 2.31. The summed E-state index contributed by atoms with van der Waals surface area (Å²) in [5.41, 5.74) is 9.24. The lowest BCUT2D eigenvalue weighted by Crippen LogP contribution is -2.25. The van der Waals surface area contributed by atoms with Crippen LogP contribution in [-0.2, 0) is 13.1 Å². The predicted octanol–water partition coefficient (Wildman–Crippen LogP) is 3.86. The molecular formula is C18H23ClN2O. The zero-order chi connectivity index (χ0) is 14.7. The van der Waals surface area contributed by atoms with E-state index in [0.29, 0.717) is 6.04 Å². The van der Waals surface area contributed by atoms with Crippen molar-refractivity contribution in [3.8, 4) is 5.75 Å². The van der Waals surface area contributed by atoms with Crippen LogP contribution in [0.4, 0.5) is 5.69 Å². The Bertz CT molecular complexity index is 614. The molecule has 0 amide bonds. The van der Waals surface area contributed by atoms with E-state index < -0.39 is 0 Å². The predicted molar refractivity (Wildman–Crippen MR) is 93.4 cm³/mol. The van der Waals surface area contributed by atoms with Gasteiger partial charge in [0.1, 0.15) is 5.75 Å². The zero-order valence-corrected chi connectivity index (χ0v) is 13.7. The van der Waals surface area contributed by atoms with Gasteiger partial charge >= 0.3 is 0 Å². The molecule has 2 aromatic rings. The normalized spacial score (nSPS) is 13.7. The molecule has 2 aromatic carbocycles. The summed E-state index contributed by atoms with van der Waals surface area (Å²) in [6.45, 7) is 1.86. The van der Waals surface area contributed by atoms with Crippen LogP contribution in [0, 0.1) is 0 Å². The Hall–Kier alpha value is -1.71. The van der Waals surface area contributed by atoms with E-state index in [1.54, 1.807) is 7.11 Å². The molecule has 2 N–H and O–H groups in total. The van der Waals surface area contributed by atoms with Crippen molar-refractivity contribution >= 4 is 18.1 Å². The van der Waals surface area contributed by atoms with Crippen molar-refractivity contribution in [2.45, 2.75) is 32.0 Å². The van der Waals surface area contributed by atoms with Gasteiger partial charge in [-0.1, -0.05) is 30.3 Å². The van der Waals surface area contributed by atoms with Crippen LogP contribution in [0.3, 0.4) is 0 Å². The molecule has 1 aliphatic rings. The number of halogens is 1. The quantitative estimate of drug-likeness (QED) is 0.822. The van der Waals surface area contributed by atoms with Crippen molar-refractivity contribution in [3.05, 3.63) is 59.7 Å². The second kappa shape index (κ2) is 7.52. The molecule has 0 saturated heterocycles. The van der Waals surface area contributed by atoms with Crippen molar-refractivity contribution in [2.75, 3.05) is 12.8 Å². The lowest BCUT2D eigenvalue weighted by molar-refractivity contribution is 0.242. The van der Waals surface area contributed by atoms with Crippen molar-refractivity contribution in [2.24, 2.45) is 0 Å². The maximum atomic E-state index is 5.89. The third-order valence-electron chi connectivity index (χ3n) is 3.97. The number of benzene rings is 2. The molecule has 1 fully saturated rings. The largest absolute Gasteiger partial charge is 0.496 e. The number of hydrogen-bond acceptors (Lipinski definition) is 3. The molecule has 22 heavy (non-hydrogen) atoms. The minimum atomic E-state index is 0. The Kier molecular flexibility index (Phi) is 5.69. The van der Waals surface area contributed by atoms with Crippen LogP contribution in [0.25, 0.3) is 0 Å². The summed E-state index contributed by atoms with van der Waals surface area (Å²) in [7, 11) is 1.73. The number of rotatable bonds is 6. The van der Waals surface area contributed by atoms with Gasteiger partial charge in [0, 0.05) is 30.4 Å². The van der Waals surface area contributed by atoms with Gasteiger partial charge < -0.3 is 10.5 Å². The van der Waals surface area contributed by atoms with E-state index in [0.717, 1.165) is 24.5 Å². The van der Waals surface area contributed by atoms with Crippen molar-refractivity contribution in [1.82, 2.24) is 4.90 Å². The Morgan fingerprint density at radius 3 is 2.55 bits per heavy atom. The van der Waals surface area contributed by atoms with E-state index in [9.17, 15) is 0 Å². The highest BCUT2D eigenvalue weighted by molar-refractivity contribution is 5.85. The third-order valence-corrected chi connectivity index (χ3v) is 3.97. The summed E-state index contributed by atoms with van der Waals surface area (Å²) in [4.78, 5) is 2.52. The van der Waals surface area contributed by atoms with Crippen LogP contribution in [0.1, 0.15) is 24.0 Å². The minimum Gasteiger partial charge on any atom is -0.496 e. The van der Waals surface area contributed by atoms with E-state index in [4.69, 9.17) is 10.5 Å². The van der Waals surface area contributed by atoms with E-state index in [2.05, 4.69) is 29.2 Å². The molecule has 0 spiro atoms. The van der Waals surface area contributed by atoms with Crippen LogP contribution in [0.5, 0.6) is 5.75 Å². The average Bonchev–Trinajstić information content (AvgIpc) is 3.32. The number of anilines is 1. The first-order valence-corrected chi connectivity index (χ1v) is 7.46. The van der Waals surface area contributed by atoms with Crippen molar-refractivity contribution in [1.29, 1.82) is 0 Å². The fourth-order valence-corrected chi connectivity index (χ4v) is 2.73. The summed E-state index contributed by atoms with van der Waals surface area (Å²) in [6, 6.07) is 17.1. The summed E-state index contributed by atoms with van der Waals surface area (Å²) < 4.78 is 5.47. The van der Waals surface area contributed by atoms with Gasteiger partial charge in [-0.3, -0.25) is 4.90 Å². The maximum absolute atomic E-state index is 5.89. The third kappa shape index (κ3) is 4.15. The fraction of sp³-hybridized carbons (Fsp3) is 0.333. The number of hydrogen-bond donors (Lipinski definition) is 1. The SMILES string of the molecule is COc1ccccc1CN(Cc1cccc(N)c1)C1CC1.Cl. The van der Waals surface area contributed by atoms with Crippen LogP contribution < -0.4 is 10.5 Å². The standard InChI is InChI=1S/C18H22N2O.ClH/c1-21-18-8-3-2-6-15(18)13-20(17-9-10-17)12-14-5-4-7-16(19)11-14;/h2-8,11,17H,9-10,12-13,19H2,1H3;1H. The van der Waals surface area contributed by atoms with Crippen molar-refractivity contribution in [3.63, 3.8) is 0 Å². The van der Waals surface area contributed by atoms with Gasteiger partial charge in [0.2, 0.25) is 0 Å². The van der Waals surface area contributed by atoms with Gasteiger partial charge in [-0.15, -0.1) is 12.4 Å². The number of nitrogens with zero attached hydrogens (tertiary/aromatic N) is 1. The smallest absolute Gasteiger partial charge is 0.123 e. The number of ether oxygens (including phenoxy) is 1. The summed E-state index contributed by atoms with van der Waals surface area (Å²) in [5.74, 6) is 0.968. The molecule has 0 unspecified atom stereocenters. The van der Waals surface area contributed by atoms with Crippen LogP contribution in [-0.4, -0.2) is 18.1 Å². The molecule has 3 nitrogen and oxygen atoms in total. The Morgan fingerprint density at radius 1 is 1.09 bits per heavy atom. The number of para-hydroxylation sites is 1. The van der Waals surface area contributed by atoms with Gasteiger partial charge in [-0.05, 0) is 36.6 Å². The van der Waals surface area contributed by atoms with Gasteiger partial charge in [0.05, 0.1) is 7.11 Å². The van der Waals surface area contributed by atoms with Gasteiger partial charge in [-0.2, -0.15) is 0 Å². The monoisotopic (exact) mass is 318 g/mol. The fourth-order valence-electron chi connectivity index (χ4n) is 2.73. The summed E-state index contributed by atoms with van der Waals surface area (Å²) in [5, 5.41) is 0. The Morgan fingerprint density at radius 2 is 1.86 bits per heavy atom. The first-order valence-electron chi connectivity index (χ1n) is 7.46. The molecule has 118 valence electrons. The zero-order valence-electron chi connectivity index (χ0n) is 12.9. The van der Waals surface area contributed by atoms with Gasteiger partial charge in [0.15, 0.2) is 0 Å². The lowest BCUT2D eigenvalue weighted by Gasteiger charge is -2.23. The van der Waals surface area contributed by atoms with Crippen LogP contribution >= 0.6 is 12.4 Å². The second-order valence-electron chi connectivity index (χ2n) is 5.69. The van der Waals surface area contributed by atoms with Crippen LogP contribution in [0.15, 0.2) is 48.5 Å². The van der Waals surface area contributed by atoms with E-state index in [1.165, 1.54) is 24.0 Å². The molecule has 0 radical (unpaired) electrons. The Labute approximate surface area is 138 Å². The highest BCUT2D eigenvalue weighted by Gasteiger charge is 2.29. The Balaban J connectivity index is 0.00000176. The molecule has 0 aliphatic heterocycles. The van der Waals surface area contributed by atoms with Crippen molar-refractivity contribution < 1.29 is 4.74 Å². The second-order valence-corrected chi connectivity index (χ2v) is 5.69. The molecule has 0 atom stereocenters. The highest BCUT2D eigenvalue weighted by atomic mass is 35.5. The number of nitrogens with two attached hydrogens (primary N) is 1. The first-order chi connectivity index (χ1) is 10.3. The molecular weight excluding hydrogens is 296 g/mol. The van der Waals surface area contributed by atoms with Gasteiger partial charge in [-0.25, -0.2) is 0 Å². The molecule has 0 aromatic heterocycles.